The number of carbonyl (C=O) groups excluding carboxylic acids is 1. The van der Waals surface area contributed by atoms with Gasteiger partial charge in [0.2, 0.25) is 17.3 Å². The fourth-order valence-electron chi connectivity index (χ4n) is 1.67. The molecule has 2 rings (SSSR count). The molecule has 0 atom stereocenters. The van der Waals surface area contributed by atoms with Crippen LogP contribution in [0.25, 0.3) is 0 Å². The molecule has 0 aliphatic heterocycles. The van der Waals surface area contributed by atoms with Gasteiger partial charge in [0, 0.05) is 13.8 Å². The van der Waals surface area contributed by atoms with E-state index in [0.717, 1.165) is 4.88 Å². The maximum atomic E-state index is 12.0. The second-order valence-corrected chi connectivity index (χ2v) is 6.10. The summed E-state index contributed by atoms with van der Waals surface area (Å²) in [5.41, 5.74) is 1.20. The van der Waals surface area contributed by atoms with Gasteiger partial charge in [-0.1, -0.05) is 17.4 Å². The number of aryl methyl sites for hydroxylation is 2. The highest BCUT2D eigenvalue weighted by Gasteiger charge is 2.21. The van der Waals surface area contributed by atoms with E-state index >= 15 is 0 Å². The molecular weight excluding hydrogens is 238 g/mol. The molecule has 0 unspecified atom stereocenters. The van der Waals surface area contributed by atoms with Crippen LogP contribution in [0.1, 0.15) is 25.3 Å². The molecule has 2 nitrogen and oxygen atoms in total. The number of ketones is 1. The van der Waals surface area contributed by atoms with Crippen LogP contribution in [-0.2, 0) is 6.54 Å². The average molecular weight is 252 g/mol. The molecule has 84 valence electrons. The molecular formula is C12H14NOS2+. The quantitative estimate of drug-likeness (QED) is 0.608. The van der Waals surface area contributed by atoms with Crippen LogP contribution in [0.4, 0.5) is 0 Å². The van der Waals surface area contributed by atoms with Gasteiger partial charge in [-0.25, -0.2) is 0 Å². The number of hydrogen-bond acceptors (Lipinski definition) is 3. The van der Waals surface area contributed by atoms with Crippen molar-refractivity contribution in [1.82, 2.24) is 0 Å². The fourth-order valence-corrected chi connectivity index (χ4v) is 3.33. The SMILES string of the molecule is Cc1sc(C)[n+](CC(=O)c2cccs2)c1C. The number of thiophene rings is 1. The average Bonchev–Trinajstić information content (AvgIpc) is 2.83. The molecule has 0 N–H and O–H groups in total. The molecule has 16 heavy (non-hydrogen) atoms. The van der Waals surface area contributed by atoms with Gasteiger partial charge in [0.25, 0.3) is 0 Å². The molecule has 2 aromatic rings. The minimum atomic E-state index is 0.198. The zero-order valence-electron chi connectivity index (χ0n) is 9.61. The second-order valence-electron chi connectivity index (χ2n) is 3.75. The van der Waals surface area contributed by atoms with Gasteiger partial charge in [-0.05, 0) is 18.4 Å². The number of aromatic nitrogens is 1. The van der Waals surface area contributed by atoms with E-state index in [1.54, 1.807) is 11.3 Å². The zero-order valence-corrected chi connectivity index (χ0v) is 11.2. The highest BCUT2D eigenvalue weighted by molar-refractivity contribution is 7.12. The van der Waals surface area contributed by atoms with Crippen LogP contribution in [0, 0.1) is 20.8 Å². The lowest BCUT2D eigenvalue weighted by molar-refractivity contribution is -0.690. The summed E-state index contributed by atoms with van der Waals surface area (Å²) in [4.78, 5) is 14.1. The largest absolute Gasteiger partial charge is 0.286 e. The molecule has 2 aromatic heterocycles. The van der Waals surface area contributed by atoms with Crippen molar-refractivity contribution >= 4 is 28.5 Å². The fraction of sp³-hybridized carbons (Fsp3) is 0.333. The standard InChI is InChI=1S/C12H14NOS2/c1-8-9(2)16-10(3)13(8)7-11(14)12-5-4-6-15-12/h4-6H,7H2,1-3H3/q+1. The minimum Gasteiger partial charge on any atom is -0.286 e. The van der Waals surface area contributed by atoms with E-state index in [-0.39, 0.29) is 5.78 Å². The van der Waals surface area contributed by atoms with Gasteiger partial charge in [-0.15, -0.1) is 11.3 Å². The minimum absolute atomic E-state index is 0.198. The third-order valence-corrected chi connectivity index (χ3v) is 4.72. The van der Waals surface area contributed by atoms with E-state index in [1.807, 2.05) is 17.5 Å². The Hall–Kier alpha value is -1.00. The summed E-state index contributed by atoms with van der Waals surface area (Å²) >= 11 is 3.26. The van der Waals surface area contributed by atoms with Crippen LogP contribution in [0.2, 0.25) is 0 Å². The summed E-state index contributed by atoms with van der Waals surface area (Å²) in [7, 11) is 0. The Morgan fingerprint density at radius 3 is 2.62 bits per heavy atom. The smallest absolute Gasteiger partial charge is 0.237 e. The molecule has 0 aliphatic carbocycles. The Bertz CT molecular complexity index is 511. The van der Waals surface area contributed by atoms with E-state index in [2.05, 4.69) is 25.3 Å². The molecule has 0 bridgehead atoms. The van der Waals surface area contributed by atoms with E-state index < -0.39 is 0 Å². The topological polar surface area (TPSA) is 20.9 Å². The van der Waals surface area contributed by atoms with Crippen LogP contribution in [0.15, 0.2) is 17.5 Å². The summed E-state index contributed by atoms with van der Waals surface area (Å²) in [5.74, 6) is 0.198. The lowest BCUT2D eigenvalue weighted by atomic mass is 10.3. The molecule has 0 fully saturated rings. The first-order chi connectivity index (χ1) is 7.59. The first-order valence-electron chi connectivity index (χ1n) is 5.12. The van der Waals surface area contributed by atoms with E-state index in [0.29, 0.717) is 6.54 Å². The second kappa shape index (κ2) is 4.47. The summed E-state index contributed by atoms with van der Waals surface area (Å²) in [6.45, 7) is 6.69. The van der Waals surface area contributed by atoms with Gasteiger partial charge in [-0.3, -0.25) is 4.79 Å². The van der Waals surface area contributed by atoms with E-state index in [1.165, 1.54) is 26.9 Å². The number of Topliss-reactive ketones (excluding diaryl/α,β-unsaturated/α-hetero) is 1. The van der Waals surface area contributed by atoms with Crippen LogP contribution < -0.4 is 4.57 Å². The van der Waals surface area contributed by atoms with Gasteiger partial charge in [0.1, 0.15) is 0 Å². The molecule has 0 amide bonds. The van der Waals surface area contributed by atoms with Gasteiger partial charge in [0.15, 0.2) is 5.69 Å². The molecule has 0 radical (unpaired) electrons. The first kappa shape index (κ1) is 11.5. The maximum absolute atomic E-state index is 12.0. The van der Waals surface area contributed by atoms with E-state index in [4.69, 9.17) is 0 Å². The monoisotopic (exact) mass is 252 g/mol. The van der Waals surface area contributed by atoms with Crippen molar-refractivity contribution in [3.8, 4) is 0 Å². The van der Waals surface area contributed by atoms with Crippen molar-refractivity contribution in [2.24, 2.45) is 0 Å². The third kappa shape index (κ3) is 2.08. The van der Waals surface area contributed by atoms with E-state index in [9.17, 15) is 4.79 Å². The van der Waals surface area contributed by atoms with Crippen molar-refractivity contribution in [3.05, 3.63) is 38.0 Å². The maximum Gasteiger partial charge on any atom is 0.237 e. The Labute approximate surface area is 103 Å². The number of carbonyl (C=O) groups is 1. The number of rotatable bonds is 3. The summed E-state index contributed by atoms with van der Waals surface area (Å²) in [6, 6.07) is 3.80. The predicted molar refractivity (Wildman–Crippen MR) is 67.4 cm³/mol. The van der Waals surface area contributed by atoms with Crippen LogP contribution in [0.5, 0.6) is 0 Å². The van der Waals surface area contributed by atoms with Crippen molar-refractivity contribution in [3.63, 3.8) is 0 Å². The zero-order chi connectivity index (χ0) is 11.7. The Morgan fingerprint density at radius 2 is 2.12 bits per heavy atom. The molecule has 0 saturated carbocycles. The summed E-state index contributed by atoms with van der Waals surface area (Å²) in [6.07, 6.45) is 0. The van der Waals surface area contributed by atoms with Gasteiger partial charge in [0.05, 0.1) is 9.75 Å². The predicted octanol–water partition coefficient (Wildman–Crippen LogP) is 2.91. The highest BCUT2D eigenvalue weighted by Crippen LogP contribution is 2.15. The highest BCUT2D eigenvalue weighted by atomic mass is 32.1. The Balaban J connectivity index is 2.25. The van der Waals surface area contributed by atoms with Gasteiger partial charge in [-0.2, -0.15) is 4.57 Å². The van der Waals surface area contributed by atoms with Gasteiger partial charge < -0.3 is 0 Å². The molecule has 2 heterocycles. The molecule has 0 spiro atoms. The molecule has 0 aromatic carbocycles. The van der Waals surface area contributed by atoms with Crippen molar-refractivity contribution in [2.45, 2.75) is 27.3 Å². The summed E-state index contributed by atoms with van der Waals surface area (Å²) in [5, 5.41) is 3.14. The van der Waals surface area contributed by atoms with Crippen molar-refractivity contribution < 1.29 is 9.36 Å². The lowest BCUT2D eigenvalue weighted by Crippen LogP contribution is -2.41. The third-order valence-electron chi connectivity index (χ3n) is 2.69. The number of nitrogens with zero attached hydrogens (tertiary/aromatic N) is 1. The van der Waals surface area contributed by atoms with Crippen molar-refractivity contribution in [2.75, 3.05) is 0 Å². The van der Waals surface area contributed by atoms with Crippen LogP contribution in [-0.4, -0.2) is 5.78 Å². The molecule has 0 saturated heterocycles. The molecule has 0 aliphatic rings. The van der Waals surface area contributed by atoms with Crippen molar-refractivity contribution in [1.29, 1.82) is 0 Å². The Morgan fingerprint density at radius 1 is 1.38 bits per heavy atom. The number of thiazole rings is 1. The lowest BCUT2D eigenvalue weighted by Gasteiger charge is -1.95. The summed E-state index contributed by atoms with van der Waals surface area (Å²) < 4.78 is 2.10. The van der Waals surface area contributed by atoms with Gasteiger partial charge >= 0.3 is 0 Å². The molecule has 4 heteroatoms. The first-order valence-corrected chi connectivity index (χ1v) is 6.82. The Kier molecular flexibility index (Phi) is 3.21. The number of hydrogen-bond donors (Lipinski definition) is 0. The van der Waals surface area contributed by atoms with Crippen LogP contribution >= 0.6 is 22.7 Å². The normalized spacial score (nSPS) is 10.7. The van der Waals surface area contributed by atoms with Crippen LogP contribution in [0.3, 0.4) is 0 Å².